The number of alkyl halides is 1. The summed E-state index contributed by atoms with van der Waals surface area (Å²) in [4.78, 5) is 7.64. The van der Waals surface area contributed by atoms with Gasteiger partial charge in [-0.3, -0.25) is 9.80 Å². The van der Waals surface area contributed by atoms with Gasteiger partial charge in [-0.25, -0.2) is 13.2 Å². The summed E-state index contributed by atoms with van der Waals surface area (Å²) in [5, 5.41) is 1.05. The molecule has 0 bridgehead atoms. The van der Waals surface area contributed by atoms with E-state index in [0.29, 0.717) is 6.42 Å². The third-order valence-electron chi connectivity index (χ3n) is 7.84. The molecule has 3 aromatic rings. The van der Waals surface area contributed by atoms with E-state index in [-0.39, 0.29) is 30.0 Å². The molecule has 2 fully saturated rings. The molecular weight excluding hydrogens is 463 g/mol. The van der Waals surface area contributed by atoms with Crippen LogP contribution in [0.25, 0.3) is 10.9 Å². The maximum Gasteiger partial charge on any atom is 0.135 e. The molecule has 1 saturated heterocycles. The summed E-state index contributed by atoms with van der Waals surface area (Å²) < 4.78 is 52.3. The largest absolute Gasteiger partial charge is 0.488 e. The molecule has 2 atom stereocenters. The molecule has 0 amide bonds. The van der Waals surface area contributed by atoms with Gasteiger partial charge in [-0.1, -0.05) is 18.2 Å². The molecule has 2 aromatic carbocycles. The second kappa shape index (κ2) is 8.80. The van der Waals surface area contributed by atoms with Gasteiger partial charge >= 0.3 is 0 Å². The molecule has 6 rings (SSSR count). The molecular formula is C29H34F3N3O. The minimum atomic E-state index is -1.53. The van der Waals surface area contributed by atoms with Gasteiger partial charge in [-0.05, 0) is 57.6 Å². The van der Waals surface area contributed by atoms with Gasteiger partial charge in [0.15, 0.2) is 0 Å². The number of rotatable bonds is 7. The molecule has 1 saturated carbocycles. The number of nitrogens with zero attached hydrogens (tertiary/aromatic N) is 2. The first-order valence-corrected chi connectivity index (χ1v) is 13.1. The van der Waals surface area contributed by atoms with E-state index in [2.05, 4.69) is 9.88 Å². The van der Waals surface area contributed by atoms with E-state index in [0.717, 1.165) is 47.7 Å². The lowest BCUT2D eigenvalue weighted by Crippen LogP contribution is -2.54. The van der Waals surface area contributed by atoms with Gasteiger partial charge in [-0.2, -0.15) is 0 Å². The Morgan fingerprint density at radius 2 is 1.78 bits per heavy atom. The molecule has 4 nitrogen and oxygen atoms in total. The molecule has 0 radical (unpaired) electrons. The quantitative estimate of drug-likeness (QED) is 0.434. The van der Waals surface area contributed by atoms with Crippen LogP contribution in [-0.4, -0.2) is 58.8 Å². The van der Waals surface area contributed by atoms with Crippen LogP contribution < -0.4 is 4.74 Å². The lowest BCUT2D eigenvalue weighted by atomic mass is 9.87. The monoisotopic (exact) mass is 497 g/mol. The summed E-state index contributed by atoms with van der Waals surface area (Å²) in [5.74, 6) is -0.304. The number of para-hydroxylation sites is 1. The third kappa shape index (κ3) is 4.52. The summed E-state index contributed by atoms with van der Waals surface area (Å²) in [7, 11) is 0. The number of halogens is 3. The Morgan fingerprint density at radius 3 is 2.44 bits per heavy atom. The second-order valence-corrected chi connectivity index (χ2v) is 11.6. The van der Waals surface area contributed by atoms with Gasteiger partial charge in [0.2, 0.25) is 0 Å². The Morgan fingerprint density at radius 1 is 1.08 bits per heavy atom. The lowest BCUT2D eigenvalue weighted by molar-refractivity contribution is 0.0167. The minimum absolute atomic E-state index is 0.0488. The first-order valence-electron chi connectivity index (χ1n) is 13.1. The van der Waals surface area contributed by atoms with Crippen LogP contribution in [0, 0.1) is 17.6 Å². The lowest BCUT2D eigenvalue weighted by Gasteiger charge is -2.43. The van der Waals surface area contributed by atoms with Crippen molar-refractivity contribution in [2.45, 2.75) is 63.9 Å². The maximum absolute atomic E-state index is 15.7. The van der Waals surface area contributed by atoms with Crippen LogP contribution in [0.1, 0.15) is 56.5 Å². The van der Waals surface area contributed by atoms with Crippen LogP contribution in [0.4, 0.5) is 13.2 Å². The number of ether oxygens (including phenoxy) is 1. The zero-order chi connectivity index (χ0) is 25.2. The molecule has 0 unspecified atom stereocenters. The number of aromatic amines is 1. The van der Waals surface area contributed by atoms with Crippen LogP contribution in [0.5, 0.6) is 5.75 Å². The summed E-state index contributed by atoms with van der Waals surface area (Å²) >= 11 is 0. The highest BCUT2D eigenvalue weighted by molar-refractivity contribution is 5.85. The number of nitrogens with one attached hydrogen (secondary N) is 1. The molecule has 36 heavy (non-hydrogen) atoms. The third-order valence-corrected chi connectivity index (χ3v) is 7.84. The van der Waals surface area contributed by atoms with E-state index in [1.165, 1.54) is 38.8 Å². The van der Waals surface area contributed by atoms with Gasteiger partial charge in [0.25, 0.3) is 0 Å². The van der Waals surface area contributed by atoms with Crippen molar-refractivity contribution in [2.24, 2.45) is 5.92 Å². The molecule has 0 spiro atoms. The molecule has 1 N–H and O–H groups in total. The van der Waals surface area contributed by atoms with Gasteiger partial charge < -0.3 is 9.72 Å². The topological polar surface area (TPSA) is 31.5 Å². The van der Waals surface area contributed by atoms with Crippen molar-refractivity contribution in [3.8, 4) is 5.75 Å². The highest BCUT2D eigenvalue weighted by Gasteiger charge is 2.41. The zero-order valence-corrected chi connectivity index (χ0v) is 21.2. The number of likely N-dealkylation sites (tertiary alicyclic amines) is 1. The van der Waals surface area contributed by atoms with Crippen molar-refractivity contribution >= 4 is 10.9 Å². The normalized spacial score (nSPS) is 23.6. The summed E-state index contributed by atoms with van der Waals surface area (Å²) in [6.07, 6.45) is 3.23. The Kier molecular flexibility index (Phi) is 5.84. The SMILES string of the molecule is C[C@@H]1Cc2c([nH]c3ccccc23)[C@@H](c2c(F)cc(OC3CN(CC4CC4)C3)cc2F)N1CC(C)(C)F. The van der Waals surface area contributed by atoms with Crippen LogP contribution >= 0.6 is 0 Å². The van der Waals surface area contributed by atoms with E-state index < -0.39 is 23.3 Å². The molecule has 3 aliphatic rings. The van der Waals surface area contributed by atoms with Crippen molar-refractivity contribution in [3.05, 3.63) is 64.9 Å². The van der Waals surface area contributed by atoms with Crippen LogP contribution in [-0.2, 0) is 6.42 Å². The van der Waals surface area contributed by atoms with E-state index in [1.54, 1.807) is 0 Å². The summed E-state index contributed by atoms with van der Waals surface area (Å²) in [6, 6.07) is 9.62. The summed E-state index contributed by atoms with van der Waals surface area (Å²) in [6.45, 7) is 7.75. The van der Waals surface area contributed by atoms with Crippen molar-refractivity contribution < 1.29 is 17.9 Å². The molecule has 3 heterocycles. The van der Waals surface area contributed by atoms with Crippen molar-refractivity contribution in [3.63, 3.8) is 0 Å². The number of H-pyrrole nitrogens is 1. The number of hydrogen-bond acceptors (Lipinski definition) is 3. The average Bonchev–Trinajstić information content (AvgIpc) is 3.52. The molecule has 1 aromatic heterocycles. The molecule has 192 valence electrons. The minimum Gasteiger partial charge on any atom is -0.488 e. The highest BCUT2D eigenvalue weighted by Crippen LogP contribution is 2.44. The zero-order valence-electron chi connectivity index (χ0n) is 21.2. The Balaban J connectivity index is 1.34. The molecule has 1 aliphatic carbocycles. The van der Waals surface area contributed by atoms with E-state index in [4.69, 9.17) is 4.74 Å². The van der Waals surface area contributed by atoms with Gasteiger partial charge in [-0.15, -0.1) is 0 Å². The van der Waals surface area contributed by atoms with E-state index in [1.807, 2.05) is 36.1 Å². The van der Waals surface area contributed by atoms with Crippen LogP contribution in [0.15, 0.2) is 36.4 Å². The Bertz CT molecular complexity index is 1250. The molecule has 2 aliphatic heterocycles. The number of hydrogen-bond donors (Lipinski definition) is 1. The highest BCUT2D eigenvalue weighted by atomic mass is 19.1. The first-order chi connectivity index (χ1) is 17.2. The number of benzene rings is 2. The maximum atomic E-state index is 15.7. The average molecular weight is 498 g/mol. The predicted octanol–water partition coefficient (Wildman–Crippen LogP) is 6.00. The van der Waals surface area contributed by atoms with Crippen LogP contribution in [0.2, 0.25) is 0 Å². The van der Waals surface area contributed by atoms with Gasteiger partial charge in [0, 0.05) is 66.5 Å². The van der Waals surface area contributed by atoms with E-state index in [9.17, 15) is 4.39 Å². The smallest absolute Gasteiger partial charge is 0.135 e. The number of fused-ring (bicyclic) bond motifs is 3. The van der Waals surface area contributed by atoms with Crippen molar-refractivity contribution in [1.82, 2.24) is 14.8 Å². The molecule has 7 heteroatoms. The Labute approximate surface area is 210 Å². The van der Waals surface area contributed by atoms with Crippen molar-refractivity contribution in [1.29, 1.82) is 0 Å². The fraction of sp³-hybridized carbons (Fsp3) is 0.517. The fourth-order valence-corrected chi connectivity index (χ4v) is 5.99. The second-order valence-electron chi connectivity index (χ2n) is 11.6. The summed E-state index contributed by atoms with van der Waals surface area (Å²) in [5.41, 5.74) is 1.11. The standard InChI is InChI=1S/C29H34F3N3O/c1-17-10-22-21-6-4-5-7-25(21)33-27(22)28(35(17)16-29(2,3)32)26-23(30)11-19(12-24(26)31)36-20-14-34(15-20)13-18-8-9-18/h4-7,11-12,17-18,20,28,33H,8-10,13-16H2,1-3H3/t17-,28-/m1/s1. The van der Waals surface area contributed by atoms with Gasteiger partial charge in [0.05, 0.1) is 6.04 Å². The number of aromatic nitrogens is 1. The van der Waals surface area contributed by atoms with Crippen molar-refractivity contribution in [2.75, 3.05) is 26.2 Å². The predicted molar refractivity (Wildman–Crippen MR) is 135 cm³/mol. The first kappa shape index (κ1) is 23.9. The van der Waals surface area contributed by atoms with E-state index >= 15 is 8.78 Å². The Hall–Kier alpha value is -2.51. The van der Waals surface area contributed by atoms with Gasteiger partial charge in [0.1, 0.15) is 29.2 Å². The van der Waals surface area contributed by atoms with Crippen LogP contribution in [0.3, 0.4) is 0 Å². The fourth-order valence-electron chi connectivity index (χ4n) is 5.99.